The van der Waals surface area contributed by atoms with Gasteiger partial charge in [0.25, 0.3) is 0 Å². The van der Waals surface area contributed by atoms with Crippen LogP contribution in [0.3, 0.4) is 0 Å². The minimum Gasteiger partial charge on any atom is -0.354 e. The van der Waals surface area contributed by atoms with Crippen LogP contribution >= 0.6 is 11.3 Å². The lowest BCUT2D eigenvalue weighted by molar-refractivity contribution is -0.121. The highest BCUT2D eigenvalue weighted by molar-refractivity contribution is 7.91. The van der Waals surface area contributed by atoms with E-state index in [1.54, 1.807) is 11.4 Å². The Bertz CT molecular complexity index is 468. The van der Waals surface area contributed by atoms with Gasteiger partial charge < -0.3 is 5.32 Å². The molecule has 1 heterocycles. The van der Waals surface area contributed by atoms with Gasteiger partial charge >= 0.3 is 0 Å². The summed E-state index contributed by atoms with van der Waals surface area (Å²) < 4.78 is 26.1. The molecule has 5 nitrogen and oxygen atoms in total. The van der Waals surface area contributed by atoms with Crippen LogP contribution in [0.5, 0.6) is 0 Å². The molecule has 0 saturated heterocycles. The molecule has 0 bridgehead atoms. The molecule has 0 aliphatic rings. The van der Waals surface area contributed by atoms with Crippen LogP contribution < -0.4 is 10.0 Å². The highest BCUT2D eigenvalue weighted by Crippen LogP contribution is 2.14. The summed E-state index contributed by atoms with van der Waals surface area (Å²) in [6.07, 6.45) is 1.00. The van der Waals surface area contributed by atoms with Crippen LogP contribution in [0, 0.1) is 0 Å². The van der Waals surface area contributed by atoms with Gasteiger partial charge in [-0.3, -0.25) is 4.79 Å². The van der Waals surface area contributed by atoms with Gasteiger partial charge in [0.05, 0.1) is 0 Å². The molecule has 1 unspecified atom stereocenters. The van der Waals surface area contributed by atoms with Crippen LogP contribution in [-0.2, 0) is 14.8 Å². The Morgan fingerprint density at radius 1 is 1.50 bits per heavy atom. The van der Waals surface area contributed by atoms with Gasteiger partial charge in [-0.2, -0.15) is 0 Å². The minimum absolute atomic E-state index is 0.114. The summed E-state index contributed by atoms with van der Waals surface area (Å²) in [6.45, 7) is 4.00. The second-order valence-electron chi connectivity index (χ2n) is 3.96. The molecule has 18 heavy (non-hydrogen) atoms. The van der Waals surface area contributed by atoms with E-state index in [1.807, 2.05) is 13.8 Å². The molecule has 0 radical (unpaired) electrons. The number of sulfonamides is 1. The largest absolute Gasteiger partial charge is 0.354 e. The van der Waals surface area contributed by atoms with Gasteiger partial charge in [0.1, 0.15) is 4.21 Å². The van der Waals surface area contributed by atoms with Crippen LogP contribution in [0.2, 0.25) is 0 Å². The molecule has 1 atom stereocenters. The molecule has 1 rings (SSSR count). The van der Waals surface area contributed by atoms with Gasteiger partial charge in [0.15, 0.2) is 0 Å². The Labute approximate surface area is 112 Å². The molecule has 7 heteroatoms. The highest BCUT2D eigenvalue weighted by atomic mass is 32.2. The summed E-state index contributed by atoms with van der Waals surface area (Å²) >= 11 is 1.15. The molecule has 1 amide bonds. The topological polar surface area (TPSA) is 75.3 Å². The average Bonchev–Trinajstić information content (AvgIpc) is 2.82. The van der Waals surface area contributed by atoms with E-state index < -0.39 is 10.0 Å². The van der Waals surface area contributed by atoms with E-state index in [9.17, 15) is 13.2 Å². The number of rotatable bonds is 7. The highest BCUT2D eigenvalue weighted by Gasteiger charge is 2.15. The number of hydrogen-bond donors (Lipinski definition) is 2. The summed E-state index contributed by atoms with van der Waals surface area (Å²) in [6, 6.07) is 3.33. The summed E-state index contributed by atoms with van der Waals surface area (Å²) in [7, 11) is -3.46. The predicted molar refractivity (Wildman–Crippen MR) is 72.0 cm³/mol. The summed E-state index contributed by atoms with van der Waals surface area (Å²) in [4.78, 5) is 11.4. The van der Waals surface area contributed by atoms with Crippen LogP contribution in [-0.4, -0.2) is 26.9 Å². The van der Waals surface area contributed by atoms with Crippen molar-refractivity contribution in [3.8, 4) is 0 Å². The molecule has 1 aromatic rings. The zero-order valence-corrected chi connectivity index (χ0v) is 12.1. The molecule has 102 valence electrons. The van der Waals surface area contributed by atoms with Crippen molar-refractivity contribution in [2.24, 2.45) is 0 Å². The molecule has 0 aliphatic heterocycles. The zero-order chi connectivity index (χ0) is 13.6. The number of amides is 1. The summed E-state index contributed by atoms with van der Waals surface area (Å²) in [5, 5.41) is 4.48. The predicted octanol–water partition coefficient (Wildman–Crippen LogP) is 1.33. The lowest BCUT2D eigenvalue weighted by Crippen LogP contribution is -2.35. The lowest BCUT2D eigenvalue weighted by atomic mass is 10.2. The molecular formula is C11H18N2O3S2. The van der Waals surface area contributed by atoms with E-state index >= 15 is 0 Å². The fourth-order valence-electron chi connectivity index (χ4n) is 1.24. The van der Waals surface area contributed by atoms with Crippen molar-refractivity contribution in [2.45, 2.75) is 36.9 Å². The zero-order valence-electron chi connectivity index (χ0n) is 10.5. The minimum atomic E-state index is -3.46. The number of nitrogens with one attached hydrogen (secondary N) is 2. The van der Waals surface area contributed by atoms with E-state index in [0.717, 1.165) is 17.8 Å². The van der Waals surface area contributed by atoms with Gasteiger partial charge in [-0.05, 0) is 24.8 Å². The first kappa shape index (κ1) is 15.1. The van der Waals surface area contributed by atoms with Gasteiger partial charge in [0, 0.05) is 19.0 Å². The van der Waals surface area contributed by atoms with Gasteiger partial charge in [-0.15, -0.1) is 11.3 Å². The standard InChI is InChI=1S/C11H18N2O3S2/c1-3-9(2)13-10(14)6-7-12-18(15,16)11-5-4-8-17-11/h4-5,8-9,12H,3,6-7H2,1-2H3,(H,13,14). The van der Waals surface area contributed by atoms with Crippen LogP contribution in [0.1, 0.15) is 26.7 Å². The Balaban J connectivity index is 2.36. The lowest BCUT2D eigenvalue weighted by Gasteiger charge is -2.11. The molecular weight excluding hydrogens is 272 g/mol. The van der Waals surface area contributed by atoms with Gasteiger partial charge in [-0.1, -0.05) is 13.0 Å². The van der Waals surface area contributed by atoms with E-state index in [2.05, 4.69) is 10.0 Å². The van der Waals surface area contributed by atoms with Crippen molar-refractivity contribution in [2.75, 3.05) is 6.54 Å². The van der Waals surface area contributed by atoms with Gasteiger partial charge in [-0.25, -0.2) is 13.1 Å². The van der Waals surface area contributed by atoms with Crippen molar-refractivity contribution >= 4 is 27.3 Å². The van der Waals surface area contributed by atoms with E-state index in [-0.39, 0.29) is 29.1 Å². The Morgan fingerprint density at radius 2 is 2.22 bits per heavy atom. The molecule has 2 N–H and O–H groups in total. The van der Waals surface area contributed by atoms with Crippen molar-refractivity contribution in [3.63, 3.8) is 0 Å². The van der Waals surface area contributed by atoms with Crippen molar-refractivity contribution < 1.29 is 13.2 Å². The first-order valence-corrected chi connectivity index (χ1v) is 8.14. The fraction of sp³-hybridized carbons (Fsp3) is 0.545. The van der Waals surface area contributed by atoms with Gasteiger partial charge in [0.2, 0.25) is 15.9 Å². The van der Waals surface area contributed by atoms with Crippen LogP contribution in [0.25, 0.3) is 0 Å². The third-order valence-corrected chi connectivity index (χ3v) is 5.28. The molecule has 0 saturated carbocycles. The maximum absolute atomic E-state index is 11.7. The number of carbonyl (C=O) groups excluding carboxylic acids is 1. The molecule has 0 aliphatic carbocycles. The second kappa shape index (κ2) is 6.86. The van der Waals surface area contributed by atoms with E-state index in [0.29, 0.717) is 0 Å². The number of carbonyl (C=O) groups is 1. The molecule has 0 spiro atoms. The first-order valence-electron chi connectivity index (χ1n) is 5.78. The van der Waals surface area contributed by atoms with Crippen molar-refractivity contribution in [1.82, 2.24) is 10.0 Å². The number of thiophene rings is 1. The maximum Gasteiger partial charge on any atom is 0.250 e. The first-order chi connectivity index (χ1) is 8.45. The quantitative estimate of drug-likeness (QED) is 0.795. The molecule has 1 aromatic heterocycles. The molecule has 0 aromatic carbocycles. The average molecular weight is 290 g/mol. The monoisotopic (exact) mass is 290 g/mol. The summed E-state index contributed by atoms with van der Waals surface area (Å²) in [5.41, 5.74) is 0. The maximum atomic E-state index is 11.7. The Hall–Kier alpha value is -0.920. The number of hydrogen-bond acceptors (Lipinski definition) is 4. The SMILES string of the molecule is CCC(C)NC(=O)CCNS(=O)(=O)c1cccs1. The third-order valence-electron chi connectivity index (χ3n) is 2.42. The Morgan fingerprint density at radius 3 is 2.78 bits per heavy atom. The van der Waals surface area contributed by atoms with Crippen LogP contribution in [0.15, 0.2) is 21.7 Å². The second-order valence-corrected chi connectivity index (χ2v) is 6.90. The van der Waals surface area contributed by atoms with E-state index in [4.69, 9.17) is 0 Å². The molecule has 0 fully saturated rings. The van der Waals surface area contributed by atoms with Crippen LogP contribution in [0.4, 0.5) is 0 Å². The normalized spacial score (nSPS) is 13.2. The summed E-state index contributed by atoms with van der Waals surface area (Å²) in [5.74, 6) is -0.141. The smallest absolute Gasteiger partial charge is 0.250 e. The van der Waals surface area contributed by atoms with E-state index in [1.165, 1.54) is 6.07 Å². The Kier molecular flexibility index (Phi) is 5.77. The van der Waals surface area contributed by atoms with Crippen molar-refractivity contribution in [1.29, 1.82) is 0 Å². The third kappa shape index (κ3) is 4.75. The fourth-order valence-corrected chi connectivity index (χ4v) is 3.30. The van der Waals surface area contributed by atoms with Crippen molar-refractivity contribution in [3.05, 3.63) is 17.5 Å².